The van der Waals surface area contributed by atoms with Crippen LogP contribution in [0.5, 0.6) is 0 Å². The van der Waals surface area contributed by atoms with Crippen LogP contribution in [0.3, 0.4) is 0 Å². The maximum atomic E-state index is 13.2. The smallest absolute Gasteiger partial charge is 0.462 e. The maximum Gasteiger partial charge on any atom is 0.472 e. The van der Waals surface area contributed by atoms with Crippen molar-refractivity contribution in [1.82, 2.24) is 0 Å². The monoisotopic (exact) mass is 1550 g/mol. The Morgan fingerprint density at radius 2 is 0.481 bits per heavy atom. The molecule has 0 saturated carbocycles. The van der Waals surface area contributed by atoms with Crippen LogP contribution in [0.15, 0.2) is 0 Å². The van der Waals surface area contributed by atoms with Gasteiger partial charge >= 0.3 is 39.5 Å². The van der Waals surface area contributed by atoms with Crippen LogP contribution in [-0.4, -0.2) is 96.7 Å². The minimum atomic E-state index is -4.97. The molecule has 0 aromatic rings. The zero-order valence-electron chi connectivity index (χ0n) is 69.7. The molecule has 0 aliphatic heterocycles. The van der Waals surface area contributed by atoms with E-state index in [2.05, 4.69) is 41.5 Å². The Kier molecular flexibility index (Phi) is 76.9. The second-order valence-electron chi connectivity index (χ2n) is 32.0. The van der Waals surface area contributed by atoms with Crippen LogP contribution in [0.1, 0.15) is 465 Å². The van der Waals surface area contributed by atoms with Crippen molar-refractivity contribution < 1.29 is 80.2 Å². The van der Waals surface area contributed by atoms with Gasteiger partial charge < -0.3 is 33.8 Å². The fraction of sp³-hybridized carbons (Fsp3) is 0.954. The van der Waals surface area contributed by atoms with Crippen LogP contribution >= 0.6 is 15.6 Å². The molecular weight excluding hydrogens is 1380 g/mol. The first kappa shape index (κ1) is 104. The Bertz CT molecular complexity index is 2030. The second-order valence-corrected chi connectivity index (χ2v) is 34.9. The molecule has 0 heterocycles. The van der Waals surface area contributed by atoms with Gasteiger partial charge in [-0.25, -0.2) is 9.13 Å². The molecule has 6 atom stereocenters. The minimum Gasteiger partial charge on any atom is -0.462 e. The van der Waals surface area contributed by atoms with E-state index in [-0.39, 0.29) is 25.7 Å². The fourth-order valence-electron chi connectivity index (χ4n) is 13.6. The standard InChI is InChI=1S/C87H170O17P2/c1-7-10-12-14-16-18-20-22-24-26-27-28-29-30-32-34-40-44-48-52-60-65-71-86(91)103-82(75-97-84(89)69-63-57-50-46-42-38-36-35-37-41-45-49-55-61-67-79(4)5)77-101-105(93,94)99-73-81(88)74-100-106(95,96)102-78-83(76-98-85(90)70-64-58-54-53-56-62-68-80(6)9-3)104-87(92)72-66-59-51-47-43-39-33-31-25-23-21-19-17-15-13-11-8-2/h79-83,88H,7-78H2,1-6H3,(H,93,94)(H,95,96)/t80?,81-,82-,83-/m1/s1. The van der Waals surface area contributed by atoms with Gasteiger partial charge in [0.05, 0.1) is 26.4 Å². The Morgan fingerprint density at radius 3 is 0.717 bits per heavy atom. The number of hydrogen-bond acceptors (Lipinski definition) is 15. The normalized spacial score (nSPS) is 14.1. The third-order valence-electron chi connectivity index (χ3n) is 20.8. The van der Waals surface area contributed by atoms with Crippen molar-refractivity contribution in [1.29, 1.82) is 0 Å². The lowest BCUT2D eigenvalue weighted by atomic mass is 10.00. The van der Waals surface area contributed by atoms with Gasteiger partial charge in [0.1, 0.15) is 19.3 Å². The molecule has 17 nitrogen and oxygen atoms in total. The summed E-state index contributed by atoms with van der Waals surface area (Å²) in [4.78, 5) is 73.2. The third-order valence-corrected chi connectivity index (χ3v) is 22.7. The third kappa shape index (κ3) is 78.7. The van der Waals surface area contributed by atoms with Crippen LogP contribution in [0.2, 0.25) is 0 Å². The molecule has 3 N–H and O–H groups in total. The molecule has 0 spiro atoms. The Hall–Kier alpha value is -1.94. The summed E-state index contributed by atoms with van der Waals surface area (Å²) in [6.07, 6.45) is 71.0. The Balaban J connectivity index is 5.22. The summed E-state index contributed by atoms with van der Waals surface area (Å²) < 4.78 is 68.9. The number of rotatable bonds is 86. The van der Waals surface area contributed by atoms with Gasteiger partial charge in [-0.2, -0.15) is 0 Å². The van der Waals surface area contributed by atoms with Gasteiger partial charge in [0.2, 0.25) is 0 Å². The highest BCUT2D eigenvalue weighted by atomic mass is 31.2. The molecule has 0 aliphatic carbocycles. The van der Waals surface area contributed by atoms with Crippen molar-refractivity contribution >= 4 is 39.5 Å². The highest BCUT2D eigenvalue weighted by Gasteiger charge is 2.30. The number of aliphatic hydroxyl groups excluding tert-OH is 1. The summed E-state index contributed by atoms with van der Waals surface area (Å²) >= 11 is 0. The average Bonchev–Trinajstić information content (AvgIpc) is 0.942. The van der Waals surface area contributed by atoms with Gasteiger partial charge in [0.25, 0.3) is 0 Å². The van der Waals surface area contributed by atoms with Gasteiger partial charge in [-0.05, 0) is 37.5 Å². The summed E-state index contributed by atoms with van der Waals surface area (Å²) in [5.74, 6) is -0.573. The van der Waals surface area contributed by atoms with Gasteiger partial charge in [-0.3, -0.25) is 37.3 Å². The second kappa shape index (κ2) is 78.3. The molecule has 0 aliphatic rings. The van der Waals surface area contributed by atoms with E-state index in [1.54, 1.807) is 0 Å². The van der Waals surface area contributed by atoms with Crippen molar-refractivity contribution in [3.05, 3.63) is 0 Å². The SMILES string of the molecule is CCCCCCCCCCCCCCCCCCCCCCCCC(=O)O[C@H](COC(=O)CCCCCCCCCCCCCCCCC(C)C)COP(=O)(O)OC[C@@H](O)COP(=O)(O)OC[C@@H](COC(=O)CCCCCCCCC(C)CC)OC(=O)CCCCCCCCCCCCCCCCCCC. The van der Waals surface area contributed by atoms with E-state index in [0.29, 0.717) is 25.7 Å². The van der Waals surface area contributed by atoms with Gasteiger partial charge in [-0.15, -0.1) is 0 Å². The van der Waals surface area contributed by atoms with Crippen molar-refractivity contribution in [2.45, 2.75) is 484 Å². The largest absolute Gasteiger partial charge is 0.472 e. The molecule has 3 unspecified atom stereocenters. The summed E-state index contributed by atoms with van der Waals surface area (Å²) in [7, 11) is -9.93. The molecule has 0 aromatic heterocycles. The summed E-state index contributed by atoms with van der Waals surface area (Å²) in [6, 6.07) is 0. The van der Waals surface area contributed by atoms with Gasteiger partial charge in [0.15, 0.2) is 12.2 Å². The van der Waals surface area contributed by atoms with Crippen molar-refractivity contribution in [2.75, 3.05) is 39.6 Å². The summed E-state index contributed by atoms with van der Waals surface area (Å²) in [5, 5.41) is 10.7. The van der Waals surface area contributed by atoms with E-state index in [1.807, 2.05) is 0 Å². The van der Waals surface area contributed by atoms with Crippen LogP contribution in [0, 0.1) is 11.8 Å². The first-order valence-electron chi connectivity index (χ1n) is 45.0. The molecule has 0 radical (unpaired) electrons. The number of phosphoric ester groups is 2. The average molecular weight is 1550 g/mol. The van der Waals surface area contributed by atoms with Crippen molar-refractivity contribution in [3.8, 4) is 0 Å². The molecule has 106 heavy (non-hydrogen) atoms. The van der Waals surface area contributed by atoms with Crippen molar-refractivity contribution in [3.63, 3.8) is 0 Å². The van der Waals surface area contributed by atoms with Crippen LogP contribution in [0.4, 0.5) is 0 Å². The van der Waals surface area contributed by atoms with Crippen LogP contribution in [0.25, 0.3) is 0 Å². The number of carbonyl (C=O) groups is 4. The minimum absolute atomic E-state index is 0.108. The first-order chi connectivity index (χ1) is 51.4. The summed E-state index contributed by atoms with van der Waals surface area (Å²) in [6.45, 7) is 9.66. The lowest BCUT2D eigenvalue weighted by Gasteiger charge is -2.21. The number of phosphoric acid groups is 2. The highest BCUT2D eigenvalue weighted by Crippen LogP contribution is 2.45. The van der Waals surface area contributed by atoms with E-state index in [4.69, 9.17) is 37.0 Å². The quantitative estimate of drug-likeness (QED) is 0.0222. The molecule has 0 saturated heterocycles. The lowest BCUT2D eigenvalue weighted by Crippen LogP contribution is -2.30. The molecule has 0 fully saturated rings. The van der Waals surface area contributed by atoms with Gasteiger partial charge in [0, 0.05) is 25.7 Å². The predicted octanol–water partition coefficient (Wildman–Crippen LogP) is 26.6. The zero-order chi connectivity index (χ0) is 77.8. The Labute approximate surface area is 651 Å². The van der Waals surface area contributed by atoms with E-state index < -0.39 is 97.5 Å². The molecule has 0 bridgehead atoms. The van der Waals surface area contributed by atoms with Crippen molar-refractivity contribution in [2.24, 2.45) is 11.8 Å². The number of carbonyl (C=O) groups excluding carboxylic acids is 4. The number of unbranched alkanes of at least 4 members (excludes halogenated alkanes) is 55. The first-order valence-corrected chi connectivity index (χ1v) is 48.0. The van der Waals surface area contributed by atoms with Crippen LogP contribution in [-0.2, 0) is 65.4 Å². The summed E-state index contributed by atoms with van der Waals surface area (Å²) in [5.41, 5.74) is 0. The number of aliphatic hydroxyl groups is 1. The lowest BCUT2D eigenvalue weighted by molar-refractivity contribution is -0.161. The van der Waals surface area contributed by atoms with Gasteiger partial charge in [-0.1, -0.05) is 414 Å². The van der Waals surface area contributed by atoms with E-state index >= 15 is 0 Å². The number of esters is 4. The molecule has 0 aromatic carbocycles. The number of hydrogen-bond donors (Lipinski definition) is 3. The molecule has 0 amide bonds. The fourth-order valence-corrected chi connectivity index (χ4v) is 15.1. The van der Waals surface area contributed by atoms with E-state index in [9.17, 15) is 43.2 Å². The highest BCUT2D eigenvalue weighted by molar-refractivity contribution is 7.47. The van der Waals surface area contributed by atoms with Crippen LogP contribution < -0.4 is 0 Å². The molecule has 19 heteroatoms. The molecule has 630 valence electrons. The zero-order valence-corrected chi connectivity index (χ0v) is 71.5. The van der Waals surface area contributed by atoms with E-state index in [0.717, 1.165) is 108 Å². The molecule has 0 rings (SSSR count). The predicted molar refractivity (Wildman–Crippen MR) is 437 cm³/mol. The number of ether oxygens (including phenoxy) is 4. The molecular formula is C87H170O17P2. The van der Waals surface area contributed by atoms with E-state index in [1.165, 1.54) is 276 Å². The topological polar surface area (TPSA) is 237 Å². The maximum absolute atomic E-state index is 13.2. The Morgan fingerprint density at radius 1 is 0.274 bits per heavy atom.